The lowest BCUT2D eigenvalue weighted by Gasteiger charge is -2.13. The molecule has 3 aromatic heterocycles. The number of fused-ring (bicyclic) bond motifs is 4. The zero-order chi connectivity index (χ0) is 30.5. The Balaban J connectivity index is 1.20. The monoisotopic (exact) mass is 606 g/mol. The van der Waals surface area contributed by atoms with Gasteiger partial charge in [0.1, 0.15) is 11.2 Å². The molecule has 0 aliphatic rings. The standard InChI is InChI=1S/C42H26N2OS/c1-2-10-27(11-3-1)32-13-5-6-14-33(32)37-26-36(28-18-20-29(21-19-28)41-25-30-12-4-9-17-40(30)46-41)43-42(44-37)31-22-23-35-34-15-7-8-16-38(34)45-39(35)24-31/h1-26H. The van der Waals surface area contributed by atoms with Gasteiger partial charge in [-0.2, -0.15) is 0 Å². The lowest BCUT2D eigenvalue weighted by molar-refractivity contribution is 0.669. The van der Waals surface area contributed by atoms with Crippen molar-refractivity contribution >= 4 is 43.4 Å². The third-order valence-corrected chi connectivity index (χ3v) is 9.71. The molecule has 0 fully saturated rings. The van der Waals surface area contributed by atoms with Gasteiger partial charge in [0.25, 0.3) is 0 Å². The molecule has 9 aromatic rings. The van der Waals surface area contributed by atoms with E-state index < -0.39 is 0 Å². The minimum absolute atomic E-state index is 0.659. The van der Waals surface area contributed by atoms with Gasteiger partial charge in [-0.05, 0) is 58.5 Å². The van der Waals surface area contributed by atoms with Crippen LogP contribution in [-0.2, 0) is 0 Å². The SMILES string of the molecule is c1ccc(-c2ccccc2-c2cc(-c3ccc(-c4cc5ccccc5s4)cc3)nc(-c3ccc4c(c3)oc3ccccc34)n2)cc1. The average Bonchev–Trinajstić information content (AvgIpc) is 3.73. The Bertz CT molecular complexity index is 2490. The normalized spacial score (nSPS) is 11.5. The van der Waals surface area contributed by atoms with E-state index in [0.29, 0.717) is 5.82 Å². The van der Waals surface area contributed by atoms with E-state index in [4.69, 9.17) is 14.4 Å². The highest BCUT2D eigenvalue weighted by Gasteiger charge is 2.16. The first-order valence-corrected chi connectivity index (χ1v) is 16.1. The molecule has 0 unspecified atom stereocenters. The lowest BCUT2D eigenvalue weighted by Crippen LogP contribution is -1.97. The molecule has 4 heteroatoms. The van der Waals surface area contributed by atoms with Crippen molar-refractivity contribution in [3.8, 4) is 55.5 Å². The molecular weight excluding hydrogens is 581 g/mol. The number of para-hydroxylation sites is 1. The topological polar surface area (TPSA) is 38.9 Å². The van der Waals surface area contributed by atoms with Crippen LogP contribution >= 0.6 is 11.3 Å². The second kappa shape index (κ2) is 11.0. The van der Waals surface area contributed by atoms with Crippen LogP contribution in [0.25, 0.3) is 87.5 Å². The average molecular weight is 607 g/mol. The Morgan fingerprint density at radius 2 is 1.11 bits per heavy atom. The third kappa shape index (κ3) is 4.68. The van der Waals surface area contributed by atoms with Gasteiger partial charge >= 0.3 is 0 Å². The highest BCUT2D eigenvalue weighted by Crippen LogP contribution is 2.37. The summed E-state index contributed by atoms with van der Waals surface area (Å²) >= 11 is 1.82. The summed E-state index contributed by atoms with van der Waals surface area (Å²) in [6, 6.07) is 55.0. The van der Waals surface area contributed by atoms with Gasteiger partial charge in [-0.3, -0.25) is 0 Å². The Labute approximate surface area is 270 Å². The van der Waals surface area contributed by atoms with E-state index in [1.807, 2.05) is 35.6 Å². The molecule has 0 aliphatic heterocycles. The van der Waals surface area contributed by atoms with Crippen LogP contribution in [0.15, 0.2) is 162 Å². The third-order valence-electron chi connectivity index (χ3n) is 8.54. The molecule has 0 bridgehead atoms. The van der Waals surface area contributed by atoms with Gasteiger partial charge in [0, 0.05) is 37.0 Å². The first kappa shape index (κ1) is 26.6. The molecule has 216 valence electrons. The summed E-state index contributed by atoms with van der Waals surface area (Å²) in [6.07, 6.45) is 0. The maximum absolute atomic E-state index is 6.24. The Hall–Kier alpha value is -5.84. The van der Waals surface area contributed by atoms with Crippen molar-refractivity contribution in [3.63, 3.8) is 0 Å². The smallest absolute Gasteiger partial charge is 0.160 e. The number of nitrogens with zero attached hydrogens (tertiary/aromatic N) is 2. The predicted octanol–water partition coefficient (Wildman–Crippen LogP) is 11.9. The van der Waals surface area contributed by atoms with Gasteiger partial charge in [0.2, 0.25) is 0 Å². The van der Waals surface area contributed by atoms with E-state index in [9.17, 15) is 0 Å². The van der Waals surface area contributed by atoms with Gasteiger partial charge in [0.05, 0.1) is 11.4 Å². The minimum Gasteiger partial charge on any atom is -0.456 e. The van der Waals surface area contributed by atoms with Crippen LogP contribution in [0.4, 0.5) is 0 Å². The van der Waals surface area contributed by atoms with Gasteiger partial charge in [-0.15, -0.1) is 11.3 Å². The highest BCUT2D eigenvalue weighted by molar-refractivity contribution is 7.22. The number of thiophene rings is 1. The summed E-state index contributed by atoms with van der Waals surface area (Å²) in [7, 11) is 0. The van der Waals surface area contributed by atoms with E-state index in [1.165, 1.54) is 20.5 Å². The van der Waals surface area contributed by atoms with Crippen molar-refractivity contribution in [2.75, 3.05) is 0 Å². The van der Waals surface area contributed by atoms with E-state index >= 15 is 0 Å². The van der Waals surface area contributed by atoms with E-state index in [1.54, 1.807) is 0 Å². The second-order valence-electron chi connectivity index (χ2n) is 11.4. The van der Waals surface area contributed by atoms with E-state index in [0.717, 1.165) is 61.1 Å². The van der Waals surface area contributed by atoms with E-state index in [2.05, 4.69) is 133 Å². The molecule has 0 spiro atoms. The van der Waals surface area contributed by atoms with Crippen LogP contribution in [0.5, 0.6) is 0 Å². The van der Waals surface area contributed by atoms with Crippen molar-refractivity contribution in [2.45, 2.75) is 0 Å². The maximum atomic E-state index is 6.24. The maximum Gasteiger partial charge on any atom is 0.160 e. The summed E-state index contributed by atoms with van der Waals surface area (Å²) in [4.78, 5) is 11.6. The minimum atomic E-state index is 0.659. The molecule has 9 rings (SSSR count). The first-order chi connectivity index (χ1) is 22.8. The molecule has 3 heterocycles. The van der Waals surface area contributed by atoms with Crippen LogP contribution in [0.1, 0.15) is 0 Å². The number of furan rings is 1. The van der Waals surface area contributed by atoms with Crippen LogP contribution < -0.4 is 0 Å². The molecule has 0 N–H and O–H groups in total. The lowest BCUT2D eigenvalue weighted by atomic mass is 9.96. The molecular formula is C42H26N2OS. The van der Waals surface area contributed by atoms with Crippen molar-refractivity contribution in [1.29, 1.82) is 0 Å². The molecule has 46 heavy (non-hydrogen) atoms. The summed E-state index contributed by atoms with van der Waals surface area (Å²) in [5.74, 6) is 0.659. The number of hydrogen-bond acceptors (Lipinski definition) is 4. The van der Waals surface area contributed by atoms with Gasteiger partial charge in [-0.1, -0.05) is 121 Å². The highest BCUT2D eigenvalue weighted by atomic mass is 32.1. The van der Waals surface area contributed by atoms with Crippen molar-refractivity contribution in [1.82, 2.24) is 9.97 Å². The zero-order valence-electron chi connectivity index (χ0n) is 24.7. The van der Waals surface area contributed by atoms with Crippen molar-refractivity contribution in [3.05, 3.63) is 158 Å². The van der Waals surface area contributed by atoms with Gasteiger partial charge in [0.15, 0.2) is 5.82 Å². The molecule has 0 amide bonds. The van der Waals surface area contributed by atoms with Crippen LogP contribution in [0, 0.1) is 0 Å². The van der Waals surface area contributed by atoms with Crippen LogP contribution in [0.3, 0.4) is 0 Å². The molecule has 0 aliphatic carbocycles. The first-order valence-electron chi connectivity index (χ1n) is 15.3. The summed E-state index contributed by atoms with van der Waals surface area (Å²) < 4.78 is 7.54. The fraction of sp³-hybridized carbons (Fsp3) is 0. The Morgan fingerprint density at radius 3 is 1.98 bits per heavy atom. The quantitative estimate of drug-likeness (QED) is 0.196. The largest absolute Gasteiger partial charge is 0.456 e. The number of benzene rings is 6. The summed E-state index contributed by atoms with van der Waals surface area (Å²) in [5.41, 5.74) is 9.93. The predicted molar refractivity (Wildman–Crippen MR) is 192 cm³/mol. The summed E-state index contributed by atoms with van der Waals surface area (Å²) in [6.45, 7) is 0. The van der Waals surface area contributed by atoms with Gasteiger partial charge in [-0.25, -0.2) is 9.97 Å². The molecule has 6 aromatic carbocycles. The van der Waals surface area contributed by atoms with Crippen LogP contribution in [0.2, 0.25) is 0 Å². The fourth-order valence-electron chi connectivity index (χ4n) is 6.23. The number of rotatable bonds is 5. The zero-order valence-corrected chi connectivity index (χ0v) is 25.5. The molecule has 0 saturated carbocycles. The molecule has 0 radical (unpaired) electrons. The molecule has 0 atom stereocenters. The van der Waals surface area contributed by atoms with Crippen LogP contribution in [-0.4, -0.2) is 9.97 Å². The molecule has 3 nitrogen and oxygen atoms in total. The number of hydrogen-bond donors (Lipinski definition) is 0. The number of aromatic nitrogens is 2. The Morgan fingerprint density at radius 1 is 0.435 bits per heavy atom. The van der Waals surface area contributed by atoms with Crippen molar-refractivity contribution in [2.24, 2.45) is 0 Å². The second-order valence-corrected chi connectivity index (χ2v) is 12.5. The fourth-order valence-corrected chi connectivity index (χ4v) is 7.30. The van der Waals surface area contributed by atoms with Crippen molar-refractivity contribution < 1.29 is 4.42 Å². The van der Waals surface area contributed by atoms with E-state index in [-0.39, 0.29) is 0 Å². The molecule has 0 saturated heterocycles. The summed E-state index contributed by atoms with van der Waals surface area (Å²) in [5, 5.41) is 3.46. The van der Waals surface area contributed by atoms with Gasteiger partial charge < -0.3 is 4.42 Å². The Kier molecular flexibility index (Phi) is 6.32.